The van der Waals surface area contributed by atoms with Crippen molar-refractivity contribution in [3.63, 3.8) is 0 Å². The summed E-state index contributed by atoms with van der Waals surface area (Å²) in [6.45, 7) is 0.0525. The molecule has 0 heterocycles. The van der Waals surface area contributed by atoms with Crippen molar-refractivity contribution in [1.29, 1.82) is 0 Å². The molecule has 0 aliphatic heterocycles. The number of benzene rings is 1. The highest BCUT2D eigenvalue weighted by Crippen LogP contribution is 2.25. The molecule has 1 aliphatic rings. The molecule has 2 rings (SSSR count). The molecule has 1 fully saturated rings. The quantitative estimate of drug-likeness (QED) is 0.867. The van der Waals surface area contributed by atoms with Gasteiger partial charge in [-0.1, -0.05) is 24.6 Å². The molecule has 0 saturated heterocycles. The Morgan fingerprint density at radius 2 is 2.00 bits per heavy atom. The molecule has 2 amide bonds. The highest BCUT2D eigenvalue weighted by molar-refractivity contribution is 5.94. The van der Waals surface area contributed by atoms with E-state index < -0.39 is 0 Å². The van der Waals surface area contributed by atoms with Crippen LogP contribution in [-0.2, 0) is 9.59 Å². The summed E-state index contributed by atoms with van der Waals surface area (Å²) in [4.78, 5) is 25.6. The average Bonchev–Trinajstić information content (AvgIpc) is 2.85. The number of hydrogen-bond donors (Lipinski definition) is 2. The second-order valence-corrected chi connectivity index (χ2v) is 5.31. The molecule has 1 aromatic carbocycles. The van der Waals surface area contributed by atoms with E-state index in [0.717, 1.165) is 24.9 Å². The Labute approximate surface area is 119 Å². The number of nitrogens with one attached hydrogen (secondary N) is 1. The molecule has 1 saturated carbocycles. The van der Waals surface area contributed by atoms with E-state index in [0.29, 0.717) is 0 Å². The standard InChI is InChI=1S/C15H21N3O2/c1-18(15(20)12-8-5-9-13(12)16)10-14(19)17-11-6-3-2-4-7-11/h2-4,6-7,12-13H,5,8-10,16H2,1H3,(H,17,19). The Kier molecular flexibility index (Phi) is 4.74. The van der Waals surface area contributed by atoms with Gasteiger partial charge in [0.05, 0.1) is 12.5 Å². The molecule has 3 N–H and O–H groups in total. The number of nitrogens with zero attached hydrogens (tertiary/aromatic N) is 1. The van der Waals surface area contributed by atoms with Crippen molar-refractivity contribution in [1.82, 2.24) is 4.90 Å². The lowest BCUT2D eigenvalue weighted by molar-refractivity contribution is -0.137. The van der Waals surface area contributed by atoms with Crippen molar-refractivity contribution in [2.75, 3.05) is 18.9 Å². The number of nitrogens with two attached hydrogens (primary N) is 1. The van der Waals surface area contributed by atoms with Crippen LogP contribution in [0.5, 0.6) is 0 Å². The summed E-state index contributed by atoms with van der Waals surface area (Å²) in [5.41, 5.74) is 6.66. The predicted octanol–water partition coefficient (Wildman–Crippen LogP) is 1.21. The zero-order valence-electron chi connectivity index (χ0n) is 11.7. The molecule has 0 radical (unpaired) electrons. The third-order valence-corrected chi connectivity index (χ3v) is 3.70. The minimum Gasteiger partial charge on any atom is -0.336 e. The lowest BCUT2D eigenvalue weighted by Gasteiger charge is -2.22. The second-order valence-electron chi connectivity index (χ2n) is 5.31. The van der Waals surface area contributed by atoms with E-state index in [1.54, 1.807) is 7.05 Å². The van der Waals surface area contributed by atoms with Crippen LogP contribution < -0.4 is 11.1 Å². The molecule has 0 aromatic heterocycles. The normalized spacial score (nSPS) is 21.5. The largest absolute Gasteiger partial charge is 0.336 e. The number of carbonyl (C=O) groups excluding carboxylic acids is 2. The van der Waals surface area contributed by atoms with Crippen molar-refractivity contribution in [2.45, 2.75) is 25.3 Å². The van der Waals surface area contributed by atoms with Crippen LogP contribution in [0.4, 0.5) is 5.69 Å². The number of carbonyl (C=O) groups is 2. The maximum Gasteiger partial charge on any atom is 0.243 e. The van der Waals surface area contributed by atoms with E-state index in [-0.39, 0.29) is 30.3 Å². The van der Waals surface area contributed by atoms with Gasteiger partial charge in [0.25, 0.3) is 0 Å². The summed E-state index contributed by atoms with van der Waals surface area (Å²) in [6, 6.07) is 9.14. The van der Waals surface area contributed by atoms with Gasteiger partial charge >= 0.3 is 0 Å². The van der Waals surface area contributed by atoms with Crippen molar-refractivity contribution in [3.05, 3.63) is 30.3 Å². The topological polar surface area (TPSA) is 75.4 Å². The van der Waals surface area contributed by atoms with E-state index >= 15 is 0 Å². The molecular weight excluding hydrogens is 254 g/mol. The van der Waals surface area contributed by atoms with E-state index in [2.05, 4.69) is 5.32 Å². The third-order valence-electron chi connectivity index (χ3n) is 3.70. The summed E-state index contributed by atoms with van der Waals surface area (Å²) >= 11 is 0. The first-order chi connectivity index (χ1) is 9.58. The first-order valence-corrected chi connectivity index (χ1v) is 6.93. The predicted molar refractivity (Wildman–Crippen MR) is 78.0 cm³/mol. The molecule has 2 unspecified atom stereocenters. The van der Waals surface area contributed by atoms with Crippen LogP contribution in [0.2, 0.25) is 0 Å². The van der Waals surface area contributed by atoms with E-state index in [4.69, 9.17) is 5.73 Å². The highest BCUT2D eigenvalue weighted by atomic mass is 16.2. The fourth-order valence-electron chi connectivity index (χ4n) is 2.59. The first kappa shape index (κ1) is 14.5. The van der Waals surface area contributed by atoms with Gasteiger partial charge < -0.3 is 16.0 Å². The SMILES string of the molecule is CN(CC(=O)Nc1ccccc1)C(=O)C1CCCC1N. The first-order valence-electron chi connectivity index (χ1n) is 6.93. The van der Waals surface area contributed by atoms with Crippen molar-refractivity contribution in [2.24, 2.45) is 11.7 Å². The number of amides is 2. The monoisotopic (exact) mass is 275 g/mol. The fraction of sp³-hybridized carbons (Fsp3) is 0.467. The zero-order chi connectivity index (χ0) is 14.5. The number of anilines is 1. The third kappa shape index (κ3) is 3.57. The van der Waals surface area contributed by atoms with E-state index in [1.165, 1.54) is 4.90 Å². The summed E-state index contributed by atoms with van der Waals surface area (Å²) in [5, 5.41) is 2.77. The Balaban J connectivity index is 1.86. The summed E-state index contributed by atoms with van der Waals surface area (Å²) in [7, 11) is 1.65. The van der Waals surface area contributed by atoms with Crippen LogP contribution in [0.3, 0.4) is 0 Å². The molecular formula is C15H21N3O2. The molecule has 20 heavy (non-hydrogen) atoms. The van der Waals surface area contributed by atoms with Crippen LogP contribution in [-0.4, -0.2) is 36.3 Å². The molecule has 1 aromatic rings. The number of likely N-dealkylation sites (N-methyl/N-ethyl adjacent to an activating group) is 1. The molecule has 2 atom stereocenters. The van der Waals surface area contributed by atoms with E-state index in [1.807, 2.05) is 30.3 Å². The van der Waals surface area contributed by atoms with Gasteiger partial charge in [-0.05, 0) is 25.0 Å². The van der Waals surface area contributed by atoms with Crippen molar-refractivity contribution in [3.8, 4) is 0 Å². The summed E-state index contributed by atoms with van der Waals surface area (Å²) < 4.78 is 0. The van der Waals surface area contributed by atoms with Crippen LogP contribution >= 0.6 is 0 Å². The van der Waals surface area contributed by atoms with Gasteiger partial charge in [0.2, 0.25) is 11.8 Å². The number of para-hydroxylation sites is 1. The van der Waals surface area contributed by atoms with Gasteiger partial charge in [0.1, 0.15) is 0 Å². The van der Waals surface area contributed by atoms with Gasteiger partial charge in [-0.3, -0.25) is 9.59 Å². The Hall–Kier alpha value is -1.88. The maximum absolute atomic E-state index is 12.2. The number of rotatable bonds is 4. The van der Waals surface area contributed by atoms with Crippen LogP contribution in [0, 0.1) is 5.92 Å². The molecule has 108 valence electrons. The molecule has 5 nitrogen and oxygen atoms in total. The van der Waals surface area contributed by atoms with Crippen LogP contribution in [0.15, 0.2) is 30.3 Å². The summed E-state index contributed by atoms with van der Waals surface area (Å²) in [6.07, 6.45) is 2.70. The molecule has 0 spiro atoms. The van der Waals surface area contributed by atoms with Crippen LogP contribution in [0.1, 0.15) is 19.3 Å². The zero-order valence-corrected chi connectivity index (χ0v) is 11.7. The molecule has 0 bridgehead atoms. The second kappa shape index (κ2) is 6.52. The van der Waals surface area contributed by atoms with Gasteiger partial charge in [-0.25, -0.2) is 0 Å². The van der Waals surface area contributed by atoms with Gasteiger partial charge in [0, 0.05) is 18.8 Å². The Morgan fingerprint density at radius 3 is 2.60 bits per heavy atom. The molecule has 5 heteroatoms. The van der Waals surface area contributed by atoms with E-state index in [9.17, 15) is 9.59 Å². The lowest BCUT2D eigenvalue weighted by Crippen LogP contribution is -2.42. The summed E-state index contributed by atoms with van der Waals surface area (Å²) in [5.74, 6) is -0.360. The van der Waals surface area contributed by atoms with Crippen LogP contribution in [0.25, 0.3) is 0 Å². The maximum atomic E-state index is 12.2. The number of hydrogen-bond acceptors (Lipinski definition) is 3. The van der Waals surface area contributed by atoms with Crippen molar-refractivity contribution >= 4 is 17.5 Å². The average molecular weight is 275 g/mol. The smallest absolute Gasteiger partial charge is 0.243 e. The minimum absolute atomic E-state index is 0.0294. The highest BCUT2D eigenvalue weighted by Gasteiger charge is 2.32. The van der Waals surface area contributed by atoms with Crippen molar-refractivity contribution < 1.29 is 9.59 Å². The van der Waals surface area contributed by atoms with Gasteiger partial charge in [-0.2, -0.15) is 0 Å². The lowest BCUT2D eigenvalue weighted by atomic mass is 10.0. The molecule has 1 aliphatic carbocycles. The van der Waals surface area contributed by atoms with Gasteiger partial charge in [-0.15, -0.1) is 0 Å². The van der Waals surface area contributed by atoms with Gasteiger partial charge in [0.15, 0.2) is 0 Å². The fourth-order valence-corrected chi connectivity index (χ4v) is 2.59. The minimum atomic E-state index is -0.196. The Bertz CT molecular complexity index is 475. The Morgan fingerprint density at radius 1 is 1.30 bits per heavy atom.